The third-order valence-corrected chi connectivity index (χ3v) is 3.13. The van der Waals surface area contributed by atoms with Crippen LogP contribution in [0.25, 0.3) is 0 Å². The van der Waals surface area contributed by atoms with E-state index in [9.17, 15) is 0 Å². The lowest BCUT2D eigenvalue weighted by molar-refractivity contribution is 0.237. The zero-order valence-electron chi connectivity index (χ0n) is 8.97. The van der Waals surface area contributed by atoms with Gasteiger partial charge in [-0.2, -0.15) is 0 Å². The molecule has 0 aromatic rings. The first-order chi connectivity index (χ1) is 6.36. The van der Waals surface area contributed by atoms with Gasteiger partial charge in [0.2, 0.25) is 0 Å². The summed E-state index contributed by atoms with van der Waals surface area (Å²) in [7, 11) is 0. The van der Waals surface area contributed by atoms with Crippen molar-refractivity contribution in [3.63, 3.8) is 0 Å². The summed E-state index contributed by atoms with van der Waals surface area (Å²) < 4.78 is 0. The van der Waals surface area contributed by atoms with Crippen LogP contribution in [-0.2, 0) is 0 Å². The number of hydrogen-bond acceptors (Lipinski definition) is 2. The summed E-state index contributed by atoms with van der Waals surface area (Å²) in [6.45, 7) is 6.93. The Labute approximate surface area is 82.5 Å². The highest BCUT2D eigenvalue weighted by molar-refractivity contribution is 4.68. The summed E-state index contributed by atoms with van der Waals surface area (Å²) in [6, 6.07) is 0. The van der Waals surface area contributed by atoms with Crippen molar-refractivity contribution in [1.29, 1.82) is 0 Å². The van der Waals surface area contributed by atoms with Crippen molar-refractivity contribution in [3.8, 4) is 0 Å². The Hall–Kier alpha value is -0.0800. The molecule has 1 rings (SSSR count). The van der Waals surface area contributed by atoms with Crippen LogP contribution in [0.3, 0.4) is 0 Å². The molecule has 1 saturated heterocycles. The summed E-state index contributed by atoms with van der Waals surface area (Å²) in [5, 5.41) is 0. The molecule has 1 heterocycles. The lowest BCUT2D eigenvalue weighted by atomic mass is 10.1. The molecule has 0 radical (unpaired) electrons. The van der Waals surface area contributed by atoms with Crippen molar-refractivity contribution in [2.24, 2.45) is 11.7 Å². The van der Waals surface area contributed by atoms with Gasteiger partial charge < -0.3 is 10.6 Å². The number of nitrogens with zero attached hydrogens (tertiary/aromatic N) is 1. The second-order valence-corrected chi connectivity index (χ2v) is 4.22. The molecule has 2 heteroatoms. The van der Waals surface area contributed by atoms with Gasteiger partial charge in [-0.05, 0) is 38.4 Å². The minimum Gasteiger partial charge on any atom is -0.330 e. The highest BCUT2D eigenvalue weighted by Gasteiger charge is 2.12. The van der Waals surface area contributed by atoms with E-state index in [1.165, 1.54) is 51.7 Å². The second kappa shape index (κ2) is 6.39. The van der Waals surface area contributed by atoms with Crippen LogP contribution in [0.15, 0.2) is 0 Å². The van der Waals surface area contributed by atoms with Gasteiger partial charge in [-0.1, -0.05) is 26.2 Å². The van der Waals surface area contributed by atoms with Gasteiger partial charge in [0.1, 0.15) is 0 Å². The predicted molar refractivity (Wildman–Crippen MR) is 57.7 cm³/mol. The first-order valence-corrected chi connectivity index (χ1v) is 5.79. The quantitative estimate of drug-likeness (QED) is 0.722. The van der Waals surface area contributed by atoms with Gasteiger partial charge in [0.25, 0.3) is 0 Å². The fraction of sp³-hybridized carbons (Fsp3) is 1.00. The van der Waals surface area contributed by atoms with E-state index in [1.54, 1.807) is 0 Å². The third kappa shape index (κ3) is 4.10. The van der Waals surface area contributed by atoms with Crippen LogP contribution >= 0.6 is 0 Å². The van der Waals surface area contributed by atoms with E-state index in [4.69, 9.17) is 5.73 Å². The van der Waals surface area contributed by atoms with Crippen molar-refractivity contribution >= 4 is 0 Å². The lowest BCUT2D eigenvalue weighted by Crippen LogP contribution is -2.33. The van der Waals surface area contributed by atoms with Crippen LogP contribution in [0.5, 0.6) is 0 Å². The van der Waals surface area contributed by atoms with Gasteiger partial charge in [-0.15, -0.1) is 0 Å². The molecule has 78 valence electrons. The fourth-order valence-electron chi connectivity index (χ4n) is 2.05. The maximum atomic E-state index is 5.71. The average molecular weight is 184 g/mol. The van der Waals surface area contributed by atoms with Crippen LogP contribution in [0.1, 0.15) is 39.0 Å². The topological polar surface area (TPSA) is 29.3 Å². The lowest BCUT2D eigenvalue weighted by Gasteiger charge is -2.24. The standard InChI is InChI=1S/C11H24N2/c1-2-11(9-12)10-13-7-5-3-4-6-8-13/h11H,2-10,12H2,1H3. The predicted octanol–water partition coefficient (Wildman–Crippen LogP) is 1.85. The molecule has 0 saturated carbocycles. The molecule has 1 atom stereocenters. The molecule has 1 fully saturated rings. The molecule has 0 aromatic carbocycles. The summed E-state index contributed by atoms with van der Waals surface area (Å²) in [4.78, 5) is 2.61. The zero-order valence-corrected chi connectivity index (χ0v) is 8.97. The largest absolute Gasteiger partial charge is 0.330 e. The summed E-state index contributed by atoms with van der Waals surface area (Å²) >= 11 is 0. The molecular weight excluding hydrogens is 160 g/mol. The Bertz CT molecular complexity index is 113. The highest BCUT2D eigenvalue weighted by Crippen LogP contribution is 2.12. The minimum atomic E-state index is 0.720. The molecule has 1 unspecified atom stereocenters. The molecule has 0 aliphatic carbocycles. The Morgan fingerprint density at radius 3 is 2.23 bits per heavy atom. The molecule has 1 aliphatic rings. The van der Waals surface area contributed by atoms with Crippen LogP contribution in [-0.4, -0.2) is 31.1 Å². The smallest absolute Gasteiger partial charge is 0.00216 e. The van der Waals surface area contributed by atoms with Crippen molar-refractivity contribution < 1.29 is 0 Å². The Kier molecular flexibility index (Phi) is 5.40. The first kappa shape index (κ1) is 11.0. The molecule has 13 heavy (non-hydrogen) atoms. The van der Waals surface area contributed by atoms with Crippen molar-refractivity contribution in [2.45, 2.75) is 39.0 Å². The third-order valence-electron chi connectivity index (χ3n) is 3.13. The van der Waals surface area contributed by atoms with Gasteiger partial charge in [-0.25, -0.2) is 0 Å². The van der Waals surface area contributed by atoms with Crippen molar-refractivity contribution in [1.82, 2.24) is 4.90 Å². The first-order valence-electron chi connectivity index (χ1n) is 5.79. The molecule has 0 bridgehead atoms. The molecule has 0 spiro atoms. The van der Waals surface area contributed by atoms with Crippen LogP contribution in [0, 0.1) is 5.92 Å². The zero-order chi connectivity index (χ0) is 9.52. The molecule has 0 aromatic heterocycles. The van der Waals surface area contributed by atoms with E-state index in [-0.39, 0.29) is 0 Å². The van der Waals surface area contributed by atoms with Crippen LogP contribution in [0.2, 0.25) is 0 Å². The summed E-state index contributed by atoms with van der Waals surface area (Å²) in [5.74, 6) is 0.720. The van der Waals surface area contributed by atoms with Crippen molar-refractivity contribution in [3.05, 3.63) is 0 Å². The monoisotopic (exact) mass is 184 g/mol. The molecule has 0 amide bonds. The Morgan fingerprint density at radius 2 is 1.77 bits per heavy atom. The number of hydrogen-bond donors (Lipinski definition) is 1. The highest BCUT2D eigenvalue weighted by atomic mass is 15.1. The van der Waals surface area contributed by atoms with Gasteiger partial charge >= 0.3 is 0 Å². The second-order valence-electron chi connectivity index (χ2n) is 4.22. The van der Waals surface area contributed by atoms with E-state index in [0.717, 1.165) is 12.5 Å². The SMILES string of the molecule is CCC(CN)CN1CCCCCC1. The van der Waals surface area contributed by atoms with Gasteiger partial charge in [0, 0.05) is 6.54 Å². The van der Waals surface area contributed by atoms with Crippen molar-refractivity contribution in [2.75, 3.05) is 26.2 Å². The maximum absolute atomic E-state index is 5.71. The Balaban J connectivity index is 2.24. The number of rotatable bonds is 4. The number of likely N-dealkylation sites (tertiary alicyclic amines) is 1. The fourth-order valence-corrected chi connectivity index (χ4v) is 2.05. The average Bonchev–Trinajstić information content (AvgIpc) is 2.42. The number of nitrogens with two attached hydrogens (primary N) is 1. The van der Waals surface area contributed by atoms with E-state index in [2.05, 4.69) is 11.8 Å². The van der Waals surface area contributed by atoms with E-state index >= 15 is 0 Å². The van der Waals surface area contributed by atoms with E-state index in [0.29, 0.717) is 0 Å². The van der Waals surface area contributed by atoms with E-state index in [1.807, 2.05) is 0 Å². The Morgan fingerprint density at radius 1 is 1.15 bits per heavy atom. The maximum Gasteiger partial charge on any atom is 0.00216 e. The van der Waals surface area contributed by atoms with Crippen LogP contribution < -0.4 is 5.73 Å². The summed E-state index contributed by atoms with van der Waals surface area (Å²) in [6.07, 6.45) is 6.86. The van der Waals surface area contributed by atoms with Gasteiger partial charge in [0.05, 0.1) is 0 Å². The molecular formula is C11H24N2. The minimum absolute atomic E-state index is 0.720. The van der Waals surface area contributed by atoms with E-state index < -0.39 is 0 Å². The molecule has 2 nitrogen and oxygen atoms in total. The molecule has 1 aliphatic heterocycles. The normalized spacial score (nSPS) is 22.6. The van der Waals surface area contributed by atoms with Gasteiger partial charge in [-0.3, -0.25) is 0 Å². The summed E-state index contributed by atoms with van der Waals surface area (Å²) in [5.41, 5.74) is 5.71. The molecule has 2 N–H and O–H groups in total. The van der Waals surface area contributed by atoms with Gasteiger partial charge in [0.15, 0.2) is 0 Å². The van der Waals surface area contributed by atoms with Crippen LogP contribution in [0.4, 0.5) is 0 Å².